The second-order valence-corrected chi connectivity index (χ2v) is 9.29. The zero-order chi connectivity index (χ0) is 18.1. The molecular formula is C17H21BBrClO3S. The zero-order valence-electron chi connectivity index (χ0n) is 14.5. The summed E-state index contributed by atoms with van der Waals surface area (Å²) >= 11 is 10.8. The van der Waals surface area contributed by atoms with Gasteiger partial charge in [-0.15, -0.1) is 0 Å². The van der Waals surface area contributed by atoms with Crippen LogP contribution in [-0.4, -0.2) is 29.2 Å². The Balaban J connectivity index is 2.35. The van der Waals surface area contributed by atoms with Gasteiger partial charge in [-0.2, -0.15) is 0 Å². The van der Waals surface area contributed by atoms with Crippen molar-refractivity contribution in [1.29, 1.82) is 0 Å². The van der Waals surface area contributed by atoms with Crippen molar-refractivity contribution in [1.82, 2.24) is 0 Å². The monoisotopic (exact) mass is 430 g/mol. The Morgan fingerprint density at radius 2 is 1.83 bits per heavy atom. The molecule has 0 radical (unpaired) electrons. The maximum Gasteiger partial charge on any atom is 0.491 e. The first kappa shape index (κ1) is 20.1. The molecule has 0 aliphatic carbocycles. The Hall–Kier alpha value is -0.265. The third kappa shape index (κ3) is 4.89. The molecule has 1 aromatic carbocycles. The summed E-state index contributed by atoms with van der Waals surface area (Å²) in [6.45, 7) is 9.61. The molecule has 24 heavy (non-hydrogen) atoms. The van der Waals surface area contributed by atoms with E-state index in [0.717, 1.165) is 15.5 Å². The molecule has 1 saturated heterocycles. The van der Waals surface area contributed by atoms with E-state index < -0.39 is 18.3 Å². The number of halogens is 2. The van der Waals surface area contributed by atoms with Crippen LogP contribution in [0.4, 0.5) is 0 Å². The fourth-order valence-electron chi connectivity index (χ4n) is 2.23. The second kappa shape index (κ2) is 7.54. The first-order valence-corrected chi connectivity index (χ1v) is 9.81. The summed E-state index contributed by atoms with van der Waals surface area (Å²) in [6, 6.07) is 5.67. The molecule has 0 atom stereocenters. The standard InChI is InChI=1S/C17H21BBrClO3S/c1-11(21)24-10-13(6-12-7-14(19)9-15(20)8-12)18-22-16(2,3)17(4,5)23-18/h6-9H,10H2,1-5H3. The molecule has 1 fully saturated rings. The average molecular weight is 432 g/mol. The molecule has 0 N–H and O–H groups in total. The molecule has 0 saturated carbocycles. The van der Waals surface area contributed by atoms with E-state index in [1.165, 1.54) is 11.8 Å². The van der Waals surface area contributed by atoms with E-state index in [1.807, 2.05) is 52.0 Å². The SMILES string of the molecule is CC(=O)SCC(=Cc1cc(Cl)cc(Br)c1)B1OC(C)(C)C(C)(C)O1. The van der Waals surface area contributed by atoms with Crippen LogP contribution in [0.3, 0.4) is 0 Å². The molecule has 2 rings (SSSR count). The van der Waals surface area contributed by atoms with Crippen LogP contribution >= 0.6 is 39.3 Å². The summed E-state index contributed by atoms with van der Waals surface area (Å²) < 4.78 is 13.2. The molecule has 1 aliphatic rings. The summed E-state index contributed by atoms with van der Waals surface area (Å²) in [5.74, 6) is 0.510. The van der Waals surface area contributed by atoms with E-state index >= 15 is 0 Å². The van der Waals surface area contributed by atoms with Gasteiger partial charge in [0.2, 0.25) is 0 Å². The van der Waals surface area contributed by atoms with Gasteiger partial charge in [-0.25, -0.2) is 0 Å². The number of thioether (sulfide) groups is 1. The maximum absolute atomic E-state index is 11.4. The summed E-state index contributed by atoms with van der Waals surface area (Å²) in [5.41, 5.74) is 0.991. The summed E-state index contributed by atoms with van der Waals surface area (Å²) in [7, 11) is -0.486. The van der Waals surface area contributed by atoms with E-state index in [0.29, 0.717) is 10.8 Å². The lowest BCUT2D eigenvalue weighted by Gasteiger charge is -2.32. The van der Waals surface area contributed by atoms with E-state index in [9.17, 15) is 4.79 Å². The van der Waals surface area contributed by atoms with Crippen molar-refractivity contribution in [2.45, 2.75) is 45.8 Å². The van der Waals surface area contributed by atoms with Crippen LogP contribution in [0.15, 0.2) is 28.1 Å². The van der Waals surface area contributed by atoms with Crippen LogP contribution in [-0.2, 0) is 14.1 Å². The smallest absolute Gasteiger partial charge is 0.400 e. The normalized spacial score (nSPS) is 19.6. The Bertz CT molecular complexity index is 640. The summed E-state index contributed by atoms with van der Waals surface area (Å²) in [4.78, 5) is 11.4. The lowest BCUT2D eigenvalue weighted by molar-refractivity contribution is -0.109. The molecule has 7 heteroatoms. The predicted octanol–water partition coefficient (Wildman–Crippen LogP) is 5.40. The Kier molecular flexibility index (Phi) is 6.30. The minimum absolute atomic E-state index is 0.0599. The topological polar surface area (TPSA) is 35.5 Å². The van der Waals surface area contributed by atoms with Gasteiger partial charge in [0.05, 0.1) is 11.2 Å². The van der Waals surface area contributed by atoms with Crippen molar-refractivity contribution in [3.63, 3.8) is 0 Å². The average Bonchev–Trinajstić information content (AvgIpc) is 2.62. The molecule has 1 aliphatic heterocycles. The quantitative estimate of drug-likeness (QED) is 0.598. The Labute approximate surface area is 161 Å². The van der Waals surface area contributed by atoms with Crippen LogP contribution in [0.1, 0.15) is 40.2 Å². The number of benzene rings is 1. The maximum atomic E-state index is 11.4. The highest BCUT2D eigenvalue weighted by atomic mass is 79.9. The first-order chi connectivity index (χ1) is 11.0. The van der Waals surface area contributed by atoms with Crippen molar-refractivity contribution in [3.8, 4) is 0 Å². The molecule has 0 bridgehead atoms. The molecule has 0 amide bonds. The Morgan fingerprint density at radius 3 is 2.33 bits per heavy atom. The van der Waals surface area contributed by atoms with Crippen LogP contribution in [0, 0.1) is 0 Å². The lowest BCUT2D eigenvalue weighted by atomic mass is 9.78. The highest BCUT2D eigenvalue weighted by Gasteiger charge is 2.52. The predicted molar refractivity (Wildman–Crippen MR) is 106 cm³/mol. The summed E-state index contributed by atoms with van der Waals surface area (Å²) in [6.07, 6.45) is 1.98. The van der Waals surface area contributed by atoms with Crippen molar-refractivity contribution in [2.24, 2.45) is 0 Å². The summed E-state index contributed by atoms with van der Waals surface area (Å²) in [5, 5.41) is 0.702. The van der Waals surface area contributed by atoms with Gasteiger partial charge in [0.15, 0.2) is 5.12 Å². The minimum atomic E-state index is -0.486. The molecular weight excluding hydrogens is 410 g/mol. The lowest BCUT2D eigenvalue weighted by Crippen LogP contribution is -2.41. The molecule has 0 unspecified atom stereocenters. The molecule has 0 aromatic heterocycles. The van der Waals surface area contributed by atoms with E-state index in [-0.39, 0.29) is 5.12 Å². The van der Waals surface area contributed by atoms with E-state index in [2.05, 4.69) is 15.9 Å². The van der Waals surface area contributed by atoms with Crippen molar-refractivity contribution in [2.75, 3.05) is 5.75 Å². The van der Waals surface area contributed by atoms with Crippen LogP contribution in [0.25, 0.3) is 6.08 Å². The van der Waals surface area contributed by atoms with Crippen LogP contribution in [0.5, 0.6) is 0 Å². The highest BCUT2D eigenvalue weighted by Crippen LogP contribution is 2.39. The molecule has 1 aromatic rings. The van der Waals surface area contributed by atoms with Gasteiger partial charge in [0.25, 0.3) is 0 Å². The van der Waals surface area contributed by atoms with E-state index in [4.69, 9.17) is 20.9 Å². The number of hydrogen-bond donors (Lipinski definition) is 0. The van der Waals surface area contributed by atoms with Gasteiger partial charge in [0.1, 0.15) is 0 Å². The number of rotatable bonds is 4. The van der Waals surface area contributed by atoms with Crippen molar-refractivity contribution in [3.05, 3.63) is 38.7 Å². The van der Waals surface area contributed by atoms with Gasteiger partial charge in [-0.1, -0.05) is 45.4 Å². The van der Waals surface area contributed by atoms with Gasteiger partial charge >= 0.3 is 7.12 Å². The third-order valence-electron chi connectivity index (χ3n) is 4.24. The minimum Gasteiger partial charge on any atom is -0.400 e. The fourth-order valence-corrected chi connectivity index (χ4v) is 3.71. The van der Waals surface area contributed by atoms with Crippen molar-refractivity contribution >= 4 is 57.6 Å². The number of hydrogen-bond acceptors (Lipinski definition) is 4. The zero-order valence-corrected chi connectivity index (χ0v) is 17.6. The third-order valence-corrected chi connectivity index (χ3v) is 5.80. The van der Waals surface area contributed by atoms with Crippen LogP contribution < -0.4 is 0 Å². The first-order valence-electron chi connectivity index (χ1n) is 7.66. The van der Waals surface area contributed by atoms with Crippen LogP contribution in [0.2, 0.25) is 5.02 Å². The molecule has 1 heterocycles. The van der Waals surface area contributed by atoms with Gasteiger partial charge in [-0.3, -0.25) is 4.79 Å². The molecule has 3 nitrogen and oxygen atoms in total. The molecule has 130 valence electrons. The largest absolute Gasteiger partial charge is 0.491 e. The van der Waals surface area contributed by atoms with Gasteiger partial charge in [-0.05, 0) is 56.9 Å². The highest BCUT2D eigenvalue weighted by molar-refractivity contribution is 9.10. The van der Waals surface area contributed by atoms with E-state index in [1.54, 1.807) is 6.92 Å². The number of carbonyl (C=O) groups is 1. The van der Waals surface area contributed by atoms with Gasteiger partial charge in [0, 0.05) is 22.2 Å². The van der Waals surface area contributed by atoms with Gasteiger partial charge < -0.3 is 9.31 Å². The molecule has 0 spiro atoms. The Morgan fingerprint density at radius 1 is 1.25 bits per heavy atom. The second-order valence-electron chi connectivity index (χ2n) is 6.79. The fraction of sp³-hybridized carbons (Fsp3) is 0.471. The number of carbonyl (C=O) groups excluding carboxylic acids is 1. The van der Waals surface area contributed by atoms with Crippen molar-refractivity contribution < 1.29 is 14.1 Å².